The van der Waals surface area contributed by atoms with Crippen molar-refractivity contribution in [2.45, 2.75) is 25.7 Å². The zero-order chi connectivity index (χ0) is 19.2. The molecule has 1 aliphatic rings. The van der Waals surface area contributed by atoms with Crippen LogP contribution in [0.4, 0.5) is 8.78 Å². The lowest BCUT2D eigenvalue weighted by Crippen LogP contribution is -2.32. The molecule has 144 valence electrons. The fraction of sp³-hybridized carbons (Fsp3) is 0.381. The number of carbonyl (C=O) groups excluding carboxylic acids is 1. The van der Waals surface area contributed by atoms with Crippen LogP contribution in [0.15, 0.2) is 42.5 Å². The lowest BCUT2D eigenvalue weighted by atomic mass is 9.82. The van der Waals surface area contributed by atoms with E-state index in [9.17, 15) is 13.6 Å². The quantitative estimate of drug-likeness (QED) is 0.792. The third kappa shape index (κ3) is 5.18. The summed E-state index contributed by atoms with van der Waals surface area (Å²) >= 11 is 0. The molecular weight excluding hydrogens is 352 g/mol. The topological polar surface area (TPSA) is 58.6 Å². The van der Waals surface area contributed by atoms with Crippen LogP contribution >= 0.6 is 0 Å². The number of amides is 1. The summed E-state index contributed by atoms with van der Waals surface area (Å²) in [6.07, 6.45) is 3.99. The predicted molar refractivity (Wildman–Crippen MR) is 97.7 cm³/mol. The first kappa shape index (κ1) is 19.1. The van der Waals surface area contributed by atoms with Gasteiger partial charge in [-0.2, -0.15) is 0 Å². The van der Waals surface area contributed by atoms with Gasteiger partial charge in [0.1, 0.15) is 5.75 Å². The smallest absolute Gasteiger partial charge is 0.251 e. The fourth-order valence-electron chi connectivity index (χ4n) is 3.37. The Kier molecular flexibility index (Phi) is 6.27. The summed E-state index contributed by atoms with van der Waals surface area (Å²) in [7, 11) is 0. The first-order valence-corrected chi connectivity index (χ1v) is 9.17. The predicted octanol–water partition coefficient (Wildman–Crippen LogP) is 4.29. The second kappa shape index (κ2) is 8.84. The maximum atomic E-state index is 13.4. The van der Waals surface area contributed by atoms with Gasteiger partial charge in [0.25, 0.3) is 5.91 Å². The minimum atomic E-state index is -1.14. The van der Waals surface area contributed by atoms with Crippen molar-refractivity contribution < 1.29 is 23.4 Å². The monoisotopic (exact) mass is 375 g/mol. The highest BCUT2D eigenvalue weighted by molar-refractivity contribution is 5.94. The maximum absolute atomic E-state index is 13.4. The summed E-state index contributed by atoms with van der Waals surface area (Å²) in [5, 5.41) is 11.8. The molecule has 1 aliphatic carbocycles. The average Bonchev–Trinajstić information content (AvgIpc) is 2.70. The molecule has 0 aromatic heterocycles. The summed E-state index contributed by atoms with van der Waals surface area (Å²) in [6.45, 7) is 1.16. The van der Waals surface area contributed by atoms with Gasteiger partial charge in [0.2, 0.25) is 0 Å². The van der Waals surface area contributed by atoms with Gasteiger partial charge < -0.3 is 15.2 Å². The van der Waals surface area contributed by atoms with Gasteiger partial charge in [0, 0.05) is 12.1 Å². The van der Waals surface area contributed by atoms with Crippen LogP contribution in [0.3, 0.4) is 0 Å². The van der Waals surface area contributed by atoms with Crippen LogP contribution in [0, 0.1) is 23.5 Å². The van der Waals surface area contributed by atoms with E-state index >= 15 is 0 Å². The van der Waals surface area contributed by atoms with Crippen LogP contribution in [0.2, 0.25) is 0 Å². The summed E-state index contributed by atoms with van der Waals surface area (Å²) in [5.41, 5.74) is -0.132. The van der Waals surface area contributed by atoms with E-state index in [1.165, 1.54) is 0 Å². The van der Waals surface area contributed by atoms with Crippen molar-refractivity contribution in [1.29, 1.82) is 0 Å². The zero-order valence-electron chi connectivity index (χ0n) is 15.0. The number of rotatable bonds is 6. The summed E-state index contributed by atoms with van der Waals surface area (Å²) < 4.78 is 32.5. The molecule has 0 bridgehead atoms. The van der Waals surface area contributed by atoms with Crippen molar-refractivity contribution in [2.24, 2.45) is 11.8 Å². The lowest BCUT2D eigenvalue weighted by Gasteiger charge is -2.28. The molecule has 0 unspecified atom stereocenters. The van der Waals surface area contributed by atoms with Crippen LogP contribution in [-0.2, 0) is 0 Å². The molecule has 6 heteroatoms. The first-order valence-electron chi connectivity index (χ1n) is 9.17. The number of phenolic OH excluding ortho intramolecular Hbond substituents is 1. The van der Waals surface area contributed by atoms with E-state index in [1.54, 1.807) is 0 Å². The second-order valence-electron chi connectivity index (χ2n) is 7.01. The molecule has 0 heterocycles. The van der Waals surface area contributed by atoms with E-state index in [2.05, 4.69) is 5.32 Å². The van der Waals surface area contributed by atoms with Gasteiger partial charge in [0.15, 0.2) is 17.4 Å². The van der Waals surface area contributed by atoms with Crippen LogP contribution in [-0.4, -0.2) is 24.2 Å². The number of hydrogen-bond donors (Lipinski definition) is 2. The van der Waals surface area contributed by atoms with Gasteiger partial charge >= 0.3 is 0 Å². The van der Waals surface area contributed by atoms with Gasteiger partial charge in [-0.3, -0.25) is 4.79 Å². The Hall–Kier alpha value is -2.63. The molecule has 2 aromatic carbocycles. The number of benzene rings is 2. The molecule has 1 amide bonds. The van der Waals surface area contributed by atoms with Crippen molar-refractivity contribution in [3.63, 3.8) is 0 Å². The lowest BCUT2D eigenvalue weighted by molar-refractivity contribution is 0.0937. The van der Waals surface area contributed by atoms with Crippen LogP contribution in [0.1, 0.15) is 36.0 Å². The van der Waals surface area contributed by atoms with Crippen LogP contribution < -0.4 is 10.1 Å². The van der Waals surface area contributed by atoms with E-state index in [4.69, 9.17) is 9.84 Å². The maximum Gasteiger partial charge on any atom is 0.251 e. The largest absolute Gasteiger partial charge is 0.503 e. The van der Waals surface area contributed by atoms with Crippen molar-refractivity contribution in [3.8, 4) is 11.5 Å². The standard InChI is InChI=1S/C21H23F2NO3/c22-18-10-16(11-19(23)20(18)25)21(26)24-12-14-6-8-15(9-7-14)13-27-17-4-2-1-3-5-17/h1-5,10-11,14-15,25H,6-9,12-13H2,(H,24,26). The molecule has 2 aromatic rings. The minimum Gasteiger partial charge on any atom is -0.503 e. The van der Waals surface area contributed by atoms with Crippen LogP contribution in [0.5, 0.6) is 11.5 Å². The van der Waals surface area contributed by atoms with Crippen molar-refractivity contribution in [1.82, 2.24) is 5.32 Å². The van der Waals surface area contributed by atoms with Gasteiger partial charge in [-0.1, -0.05) is 18.2 Å². The number of nitrogens with one attached hydrogen (secondary N) is 1. The molecular formula is C21H23F2NO3. The Morgan fingerprint density at radius 2 is 1.63 bits per heavy atom. The Balaban J connectivity index is 1.41. The van der Waals surface area contributed by atoms with E-state index in [0.29, 0.717) is 25.0 Å². The number of carbonyl (C=O) groups is 1. The highest BCUT2D eigenvalue weighted by atomic mass is 19.1. The van der Waals surface area contributed by atoms with Gasteiger partial charge in [-0.25, -0.2) is 8.78 Å². The van der Waals surface area contributed by atoms with Crippen molar-refractivity contribution in [2.75, 3.05) is 13.2 Å². The first-order chi connectivity index (χ1) is 13.0. The highest BCUT2D eigenvalue weighted by Crippen LogP contribution is 2.29. The Labute approximate surface area is 157 Å². The van der Waals surface area contributed by atoms with Gasteiger partial charge in [-0.05, 0) is 61.8 Å². The Morgan fingerprint density at radius 3 is 2.26 bits per heavy atom. The number of halogens is 2. The molecule has 0 saturated heterocycles. The number of para-hydroxylation sites is 1. The average molecular weight is 375 g/mol. The third-order valence-electron chi connectivity index (χ3n) is 5.03. The van der Waals surface area contributed by atoms with Crippen molar-refractivity contribution >= 4 is 5.91 Å². The van der Waals surface area contributed by atoms with Crippen molar-refractivity contribution in [3.05, 3.63) is 59.7 Å². The molecule has 2 N–H and O–H groups in total. The molecule has 0 spiro atoms. The number of phenols is 1. The molecule has 3 rings (SSSR count). The molecule has 1 saturated carbocycles. The second-order valence-corrected chi connectivity index (χ2v) is 7.01. The summed E-state index contributed by atoms with van der Waals surface area (Å²) in [6, 6.07) is 11.4. The molecule has 0 atom stereocenters. The number of ether oxygens (including phenoxy) is 1. The summed E-state index contributed by atoms with van der Waals surface area (Å²) in [5.74, 6) is -2.17. The Morgan fingerprint density at radius 1 is 1.04 bits per heavy atom. The fourth-order valence-corrected chi connectivity index (χ4v) is 3.37. The minimum absolute atomic E-state index is 0.132. The molecule has 4 nitrogen and oxygen atoms in total. The van der Waals surface area contributed by atoms with E-state index in [0.717, 1.165) is 43.6 Å². The Bertz CT molecular complexity index is 751. The summed E-state index contributed by atoms with van der Waals surface area (Å²) in [4.78, 5) is 12.1. The third-order valence-corrected chi connectivity index (χ3v) is 5.03. The zero-order valence-corrected chi connectivity index (χ0v) is 15.0. The highest BCUT2D eigenvalue weighted by Gasteiger charge is 2.22. The van der Waals surface area contributed by atoms with Crippen LogP contribution in [0.25, 0.3) is 0 Å². The van der Waals surface area contributed by atoms with Gasteiger partial charge in [0.05, 0.1) is 6.61 Å². The number of aromatic hydroxyl groups is 1. The normalized spacial score (nSPS) is 19.5. The van der Waals surface area contributed by atoms with E-state index in [-0.39, 0.29) is 5.56 Å². The molecule has 0 aliphatic heterocycles. The SMILES string of the molecule is O=C(NCC1CCC(COc2ccccc2)CC1)c1cc(F)c(O)c(F)c1. The van der Waals surface area contributed by atoms with E-state index in [1.807, 2.05) is 30.3 Å². The number of hydrogen-bond acceptors (Lipinski definition) is 3. The molecule has 0 radical (unpaired) electrons. The molecule has 1 fully saturated rings. The molecule has 27 heavy (non-hydrogen) atoms. The van der Waals surface area contributed by atoms with Gasteiger partial charge in [-0.15, -0.1) is 0 Å². The van der Waals surface area contributed by atoms with E-state index < -0.39 is 23.3 Å².